The van der Waals surface area contributed by atoms with Crippen molar-refractivity contribution in [3.05, 3.63) is 17.5 Å². The summed E-state index contributed by atoms with van der Waals surface area (Å²) in [6.07, 6.45) is 4.76. The Bertz CT molecular complexity index is 559. The van der Waals surface area contributed by atoms with Gasteiger partial charge in [0.1, 0.15) is 6.54 Å². The lowest BCUT2D eigenvalue weighted by molar-refractivity contribution is -0.127. The largest absolute Gasteiger partial charge is 0.359 e. The molecule has 1 aromatic heterocycles. The summed E-state index contributed by atoms with van der Waals surface area (Å²) in [5.41, 5.74) is 0.942. The van der Waals surface area contributed by atoms with Gasteiger partial charge in [-0.05, 0) is 18.8 Å². The molecule has 134 valence electrons. The Morgan fingerprint density at radius 3 is 2.71 bits per heavy atom. The number of rotatable bonds is 6. The van der Waals surface area contributed by atoms with Gasteiger partial charge in [0.2, 0.25) is 5.91 Å². The Morgan fingerprint density at radius 2 is 2.12 bits per heavy atom. The lowest BCUT2D eigenvalue weighted by Crippen LogP contribution is -2.42. The number of carbonyl (C=O) groups excluding carboxylic acids is 1. The quantitative estimate of drug-likeness (QED) is 0.612. The molecule has 0 unspecified atom stereocenters. The van der Waals surface area contributed by atoms with Crippen molar-refractivity contribution in [3.8, 4) is 0 Å². The van der Waals surface area contributed by atoms with Gasteiger partial charge in [-0.25, -0.2) is 4.99 Å². The zero-order valence-corrected chi connectivity index (χ0v) is 15.1. The Kier molecular flexibility index (Phi) is 6.63. The van der Waals surface area contributed by atoms with E-state index in [1.165, 1.54) is 12.8 Å². The molecule has 1 saturated carbocycles. The fourth-order valence-corrected chi connectivity index (χ4v) is 2.56. The molecule has 0 aromatic carbocycles. The summed E-state index contributed by atoms with van der Waals surface area (Å²) in [4.78, 5) is 17.7. The molecule has 0 spiro atoms. The van der Waals surface area contributed by atoms with Gasteiger partial charge in [0, 0.05) is 26.2 Å². The number of aliphatic imine (C=N–C) groups is 1. The van der Waals surface area contributed by atoms with Crippen molar-refractivity contribution < 1.29 is 9.32 Å². The summed E-state index contributed by atoms with van der Waals surface area (Å²) >= 11 is 0. The third kappa shape index (κ3) is 5.54. The second-order valence-corrected chi connectivity index (χ2v) is 6.81. The van der Waals surface area contributed by atoms with Crippen LogP contribution in [0.25, 0.3) is 0 Å². The van der Waals surface area contributed by atoms with E-state index in [0.29, 0.717) is 24.5 Å². The molecule has 2 rings (SSSR count). The summed E-state index contributed by atoms with van der Waals surface area (Å²) in [7, 11) is 3.47. The van der Waals surface area contributed by atoms with Crippen molar-refractivity contribution in [2.75, 3.05) is 20.6 Å². The van der Waals surface area contributed by atoms with Crippen LogP contribution in [0.1, 0.15) is 56.9 Å². The van der Waals surface area contributed by atoms with Crippen molar-refractivity contribution in [2.24, 2.45) is 4.99 Å². The van der Waals surface area contributed by atoms with Gasteiger partial charge in [0.05, 0.1) is 12.2 Å². The second kappa shape index (κ2) is 8.70. The number of aromatic nitrogens is 1. The molecular weight excluding hydrogens is 306 g/mol. The molecule has 0 radical (unpaired) electrons. The van der Waals surface area contributed by atoms with Crippen LogP contribution in [-0.2, 0) is 11.3 Å². The number of nitrogens with zero attached hydrogens (tertiary/aromatic N) is 3. The zero-order chi connectivity index (χ0) is 17.5. The summed E-state index contributed by atoms with van der Waals surface area (Å²) in [6.45, 7) is 4.78. The first-order chi connectivity index (χ1) is 11.5. The Labute approximate surface area is 143 Å². The van der Waals surface area contributed by atoms with Crippen LogP contribution in [0.3, 0.4) is 0 Å². The van der Waals surface area contributed by atoms with Crippen molar-refractivity contribution in [1.29, 1.82) is 0 Å². The van der Waals surface area contributed by atoms with Gasteiger partial charge in [-0.15, -0.1) is 0 Å². The molecule has 1 aliphatic carbocycles. The van der Waals surface area contributed by atoms with Gasteiger partial charge >= 0.3 is 0 Å². The maximum absolute atomic E-state index is 11.8. The lowest BCUT2D eigenvalue weighted by atomic mass is 10.1. The second-order valence-electron chi connectivity index (χ2n) is 6.81. The van der Waals surface area contributed by atoms with Gasteiger partial charge in [0.15, 0.2) is 11.7 Å². The van der Waals surface area contributed by atoms with E-state index in [2.05, 4.69) is 34.6 Å². The molecule has 7 heteroatoms. The third-order valence-electron chi connectivity index (χ3n) is 4.17. The van der Waals surface area contributed by atoms with E-state index in [1.54, 1.807) is 19.0 Å². The minimum absolute atomic E-state index is 0.0238. The van der Waals surface area contributed by atoms with Gasteiger partial charge in [-0.1, -0.05) is 31.8 Å². The van der Waals surface area contributed by atoms with Crippen LogP contribution in [0, 0.1) is 0 Å². The van der Waals surface area contributed by atoms with Gasteiger partial charge in [-0.2, -0.15) is 0 Å². The molecule has 1 aromatic rings. The predicted molar refractivity (Wildman–Crippen MR) is 93.8 cm³/mol. The molecule has 7 nitrogen and oxygen atoms in total. The molecule has 0 aliphatic heterocycles. The first kappa shape index (κ1) is 18.3. The highest BCUT2D eigenvalue weighted by Crippen LogP contribution is 2.17. The average Bonchev–Trinajstić information content (AvgIpc) is 3.20. The van der Waals surface area contributed by atoms with Crippen LogP contribution < -0.4 is 10.6 Å². The Balaban J connectivity index is 1.95. The maximum atomic E-state index is 11.8. The minimum Gasteiger partial charge on any atom is -0.359 e. The van der Waals surface area contributed by atoms with Crippen molar-refractivity contribution in [3.63, 3.8) is 0 Å². The van der Waals surface area contributed by atoms with E-state index >= 15 is 0 Å². The van der Waals surface area contributed by atoms with E-state index in [-0.39, 0.29) is 12.5 Å². The highest BCUT2D eigenvalue weighted by Gasteiger charge is 2.17. The summed E-state index contributed by atoms with van der Waals surface area (Å²) in [5.74, 6) is 1.73. The fraction of sp³-hybridized carbons (Fsp3) is 0.706. The monoisotopic (exact) mass is 335 g/mol. The van der Waals surface area contributed by atoms with Crippen molar-refractivity contribution in [2.45, 2.75) is 58.0 Å². The van der Waals surface area contributed by atoms with Crippen molar-refractivity contribution in [1.82, 2.24) is 20.7 Å². The molecule has 1 fully saturated rings. The SMILES string of the molecule is CC(C)c1cc(CNC(=NCC(=O)N(C)C)NC2CCCC2)on1. The van der Waals surface area contributed by atoms with Crippen LogP contribution in [0.2, 0.25) is 0 Å². The average molecular weight is 335 g/mol. The number of amides is 1. The minimum atomic E-state index is -0.0238. The summed E-state index contributed by atoms with van der Waals surface area (Å²) in [5, 5.41) is 10.7. The number of hydrogen-bond donors (Lipinski definition) is 2. The standard InChI is InChI=1S/C17H29N5O2/c1-12(2)15-9-14(24-21-15)10-18-17(19-11-16(23)22(3)4)20-13-7-5-6-8-13/h9,12-13H,5-8,10-11H2,1-4H3,(H2,18,19,20). The highest BCUT2D eigenvalue weighted by atomic mass is 16.5. The van der Waals surface area contributed by atoms with Gasteiger partial charge in [-0.3, -0.25) is 4.79 Å². The first-order valence-corrected chi connectivity index (χ1v) is 8.66. The highest BCUT2D eigenvalue weighted by molar-refractivity contribution is 5.84. The van der Waals surface area contributed by atoms with Gasteiger partial charge < -0.3 is 20.1 Å². The molecule has 0 atom stereocenters. The molecular formula is C17H29N5O2. The molecule has 24 heavy (non-hydrogen) atoms. The molecule has 1 aliphatic rings. The predicted octanol–water partition coefficient (Wildman–Crippen LogP) is 1.86. The van der Waals surface area contributed by atoms with E-state index in [0.717, 1.165) is 24.3 Å². The van der Waals surface area contributed by atoms with Crippen LogP contribution in [0.4, 0.5) is 0 Å². The van der Waals surface area contributed by atoms with Crippen LogP contribution in [-0.4, -0.2) is 48.6 Å². The first-order valence-electron chi connectivity index (χ1n) is 8.66. The normalized spacial score (nSPS) is 15.8. The number of nitrogens with one attached hydrogen (secondary N) is 2. The van der Waals surface area contributed by atoms with E-state index in [9.17, 15) is 4.79 Å². The Hall–Kier alpha value is -2.05. The van der Waals surface area contributed by atoms with E-state index in [4.69, 9.17) is 4.52 Å². The lowest BCUT2D eigenvalue weighted by Gasteiger charge is -2.17. The smallest absolute Gasteiger partial charge is 0.243 e. The number of carbonyl (C=O) groups is 1. The molecule has 1 amide bonds. The Morgan fingerprint density at radius 1 is 1.42 bits per heavy atom. The summed E-state index contributed by atoms with van der Waals surface area (Å²) in [6, 6.07) is 2.38. The van der Waals surface area contributed by atoms with Crippen LogP contribution in [0.15, 0.2) is 15.6 Å². The number of likely N-dealkylation sites (N-methyl/N-ethyl adjacent to an activating group) is 1. The van der Waals surface area contributed by atoms with Crippen LogP contribution >= 0.6 is 0 Å². The zero-order valence-electron chi connectivity index (χ0n) is 15.1. The molecule has 0 bridgehead atoms. The molecule has 1 heterocycles. The van der Waals surface area contributed by atoms with Gasteiger partial charge in [0.25, 0.3) is 0 Å². The number of guanidine groups is 1. The fourth-order valence-electron chi connectivity index (χ4n) is 2.56. The molecule has 2 N–H and O–H groups in total. The third-order valence-corrected chi connectivity index (χ3v) is 4.17. The van der Waals surface area contributed by atoms with E-state index < -0.39 is 0 Å². The molecule has 0 saturated heterocycles. The van der Waals surface area contributed by atoms with E-state index in [1.807, 2.05) is 6.07 Å². The van der Waals surface area contributed by atoms with Crippen LogP contribution in [0.5, 0.6) is 0 Å². The van der Waals surface area contributed by atoms with Crippen molar-refractivity contribution >= 4 is 11.9 Å². The topological polar surface area (TPSA) is 82.8 Å². The number of hydrogen-bond acceptors (Lipinski definition) is 4. The maximum Gasteiger partial charge on any atom is 0.243 e. The summed E-state index contributed by atoms with van der Waals surface area (Å²) < 4.78 is 5.34.